The van der Waals surface area contributed by atoms with E-state index in [1.807, 2.05) is 0 Å². The number of rotatable bonds is 5. The zero-order chi connectivity index (χ0) is 10.7. The van der Waals surface area contributed by atoms with E-state index in [2.05, 4.69) is 19.2 Å². The molecule has 15 heavy (non-hydrogen) atoms. The minimum atomic E-state index is 0.513. The SMILES string of the molecule is CCOC1CC(NC(C)C2CCOC2)C1. The molecular weight excluding hydrogens is 190 g/mol. The first-order chi connectivity index (χ1) is 7.29. The number of ether oxygens (including phenoxy) is 2. The van der Waals surface area contributed by atoms with E-state index in [1.165, 1.54) is 19.3 Å². The molecule has 1 heterocycles. The lowest BCUT2D eigenvalue weighted by molar-refractivity contribution is -0.0136. The molecule has 2 fully saturated rings. The topological polar surface area (TPSA) is 30.5 Å². The van der Waals surface area contributed by atoms with Gasteiger partial charge in [0.05, 0.1) is 12.7 Å². The van der Waals surface area contributed by atoms with Crippen molar-refractivity contribution in [2.75, 3.05) is 19.8 Å². The third kappa shape index (κ3) is 2.92. The van der Waals surface area contributed by atoms with E-state index in [9.17, 15) is 0 Å². The Labute approximate surface area is 92.5 Å². The first kappa shape index (κ1) is 11.4. The quantitative estimate of drug-likeness (QED) is 0.752. The molecule has 0 radical (unpaired) electrons. The van der Waals surface area contributed by atoms with Crippen molar-refractivity contribution >= 4 is 0 Å². The Balaban J connectivity index is 1.61. The van der Waals surface area contributed by atoms with Crippen molar-refractivity contribution in [1.29, 1.82) is 0 Å². The smallest absolute Gasteiger partial charge is 0.0604 e. The highest BCUT2D eigenvalue weighted by Crippen LogP contribution is 2.25. The second-order valence-corrected chi connectivity index (χ2v) is 4.82. The average molecular weight is 213 g/mol. The molecular formula is C12H23NO2. The first-order valence-corrected chi connectivity index (χ1v) is 6.25. The predicted molar refractivity (Wildman–Crippen MR) is 60.0 cm³/mol. The van der Waals surface area contributed by atoms with E-state index in [0.717, 1.165) is 25.7 Å². The molecule has 2 atom stereocenters. The third-order valence-corrected chi connectivity index (χ3v) is 3.67. The highest BCUT2D eigenvalue weighted by molar-refractivity contribution is 4.89. The number of hydrogen-bond donors (Lipinski definition) is 1. The van der Waals surface area contributed by atoms with Crippen LogP contribution in [0.25, 0.3) is 0 Å². The molecule has 2 aliphatic rings. The summed E-state index contributed by atoms with van der Waals surface area (Å²) in [4.78, 5) is 0. The van der Waals surface area contributed by atoms with Gasteiger partial charge in [-0.15, -0.1) is 0 Å². The minimum absolute atomic E-state index is 0.513. The van der Waals surface area contributed by atoms with E-state index >= 15 is 0 Å². The molecule has 88 valence electrons. The molecule has 0 amide bonds. The lowest BCUT2D eigenvalue weighted by atomic mass is 9.87. The van der Waals surface area contributed by atoms with Gasteiger partial charge in [-0.3, -0.25) is 0 Å². The van der Waals surface area contributed by atoms with E-state index in [4.69, 9.17) is 9.47 Å². The van der Waals surface area contributed by atoms with Crippen LogP contribution in [0, 0.1) is 5.92 Å². The monoisotopic (exact) mass is 213 g/mol. The maximum absolute atomic E-state index is 5.55. The Morgan fingerprint density at radius 1 is 1.47 bits per heavy atom. The summed E-state index contributed by atoms with van der Waals surface area (Å²) in [6.07, 6.45) is 4.10. The molecule has 1 saturated carbocycles. The molecule has 0 aromatic rings. The Bertz CT molecular complexity index is 186. The summed E-state index contributed by atoms with van der Waals surface area (Å²) in [7, 11) is 0. The summed E-state index contributed by atoms with van der Waals surface area (Å²) < 4.78 is 11.0. The van der Waals surface area contributed by atoms with E-state index in [-0.39, 0.29) is 0 Å². The summed E-state index contributed by atoms with van der Waals surface area (Å²) in [5.74, 6) is 0.719. The summed E-state index contributed by atoms with van der Waals surface area (Å²) in [5.41, 5.74) is 0. The number of hydrogen-bond acceptors (Lipinski definition) is 3. The van der Waals surface area contributed by atoms with E-state index < -0.39 is 0 Å². The fourth-order valence-corrected chi connectivity index (χ4v) is 2.53. The normalized spacial score (nSPS) is 37.6. The fraction of sp³-hybridized carbons (Fsp3) is 1.00. The molecule has 3 nitrogen and oxygen atoms in total. The molecule has 1 aliphatic heterocycles. The second kappa shape index (κ2) is 5.28. The van der Waals surface area contributed by atoms with Crippen LogP contribution in [0.3, 0.4) is 0 Å². The van der Waals surface area contributed by atoms with E-state index in [0.29, 0.717) is 18.2 Å². The molecule has 2 rings (SSSR count). The van der Waals surface area contributed by atoms with E-state index in [1.54, 1.807) is 0 Å². The first-order valence-electron chi connectivity index (χ1n) is 6.25. The largest absolute Gasteiger partial charge is 0.381 e. The lowest BCUT2D eigenvalue weighted by Crippen LogP contribution is -2.50. The molecule has 0 aromatic heterocycles. The van der Waals surface area contributed by atoms with Gasteiger partial charge in [-0.2, -0.15) is 0 Å². The van der Waals surface area contributed by atoms with Crippen molar-refractivity contribution in [1.82, 2.24) is 5.32 Å². The van der Waals surface area contributed by atoms with Gasteiger partial charge >= 0.3 is 0 Å². The maximum atomic E-state index is 5.55. The third-order valence-electron chi connectivity index (χ3n) is 3.67. The lowest BCUT2D eigenvalue weighted by Gasteiger charge is -2.38. The van der Waals surface area contributed by atoms with Gasteiger partial charge in [0.2, 0.25) is 0 Å². The summed E-state index contributed by atoms with van der Waals surface area (Å²) in [5, 5.41) is 3.69. The van der Waals surface area contributed by atoms with Crippen LogP contribution in [0.15, 0.2) is 0 Å². The van der Waals surface area contributed by atoms with Gasteiger partial charge in [-0.05, 0) is 39.0 Å². The minimum Gasteiger partial charge on any atom is -0.381 e. The second-order valence-electron chi connectivity index (χ2n) is 4.82. The predicted octanol–water partition coefficient (Wildman–Crippen LogP) is 1.57. The zero-order valence-electron chi connectivity index (χ0n) is 9.87. The zero-order valence-corrected chi connectivity index (χ0v) is 9.87. The highest BCUT2D eigenvalue weighted by Gasteiger charge is 2.32. The van der Waals surface area contributed by atoms with Gasteiger partial charge in [0.15, 0.2) is 0 Å². The van der Waals surface area contributed by atoms with Crippen LogP contribution in [0.1, 0.15) is 33.1 Å². The van der Waals surface area contributed by atoms with Gasteiger partial charge in [0, 0.05) is 25.3 Å². The molecule has 0 spiro atoms. The van der Waals surface area contributed by atoms with Crippen LogP contribution < -0.4 is 5.32 Å². The summed E-state index contributed by atoms with van der Waals surface area (Å²) in [6, 6.07) is 1.28. The molecule has 0 bridgehead atoms. The fourth-order valence-electron chi connectivity index (χ4n) is 2.53. The molecule has 1 N–H and O–H groups in total. The highest BCUT2D eigenvalue weighted by atomic mass is 16.5. The van der Waals surface area contributed by atoms with Gasteiger partial charge in [0.1, 0.15) is 0 Å². The average Bonchev–Trinajstić information content (AvgIpc) is 2.67. The van der Waals surface area contributed by atoms with Crippen molar-refractivity contribution in [2.24, 2.45) is 5.92 Å². The van der Waals surface area contributed by atoms with Crippen molar-refractivity contribution in [3.8, 4) is 0 Å². The van der Waals surface area contributed by atoms with Crippen LogP contribution in [-0.4, -0.2) is 38.0 Å². The van der Waals surface area contributed by atoms with Crippen LogP contribution in [0.4, 0.5) is 0 Å². The Morgan fingerprint density at radius 3 is 2.87 bits per heavy atom. The maximum Gasteiger partial charge on any atom is 0.0604 e. The molecule has 3 heteroatoms. The Morgan fingerprint density at radius 2 is 2.27 bits per heavy atom. The molecule has 0 aromatic carbocycles. The summed E-state index contributed by atoms with van der Waals surface area (Å²) >= 11 is 0. The van der Waals surface area contributed by atoms with Crippen molar-refractivity contribution in [2.45, 2.75) is 51.3 Å². The molecule has 1 saturated heterocycles. The van der Waals surface area contributed by atoms with Crippen molar-refractivity contribution in [3.63, 3.8) is 0 Å². The van der Waals surface area contributed by atoms with Gasteiger partial charge < -0.3 is 14.8 Å². The Hall–Kier alpha value is -0.120. The van der Waals surface area contributed by atoms with Crippen LogP contribution in [0.2, 0.25) is 0 Å². The summed E-state index contributed by atoms with van der Waals surface area (Å²) in [6.45, 7) is 7.09. The standard InChI is InChI=1S/C12H23NO2/c1-3-15-12-6-11(7-12)13-9(2)10-4-5-14-8-10/h9-13H,3-8H2,1-2H3. The van der Waals surface area contributed by atoms with Crippen LogP contribution >= 0.6 is 0 Å². The molecule has 1 aliphatic carbocycles. The van der Waals surface area contributed by atoms with Crippen LogP contribution in [-0.2, 0) is 9.47 Å². The van der Waals surface area contributed by atoms with Crippen molar-refractivity contribution < 1.29 is 9.47 Å². The van der Waals surface area contributed by atoms with Crippen molar-refractivity contribution in [3.05, 3.63) is 0 Å². The van der Waals surface area contributed by atoms with Gasteiger partial charge in [-0.25, -0.2) is 0 Å². The van der Waals surface area contributed by atoms with Gasteiger partial charge in [-0.1, -0.05) is 0 Å². The van der Waals surface area contributed by atoms with Gasteiger partial charge in [0.25, 0.3) is 0 Å². The molecule has 2 unspecified atom stereocenters. The Kier molecular flexibility index (Phi) is 4.00. The van der Waals surface area contributed by atoms with Crippen LogP contribution in [0.5, 0.6) is 0 Å². The number of nitrogens with one attached hydrogen (secondary N) is 1.